The van der Waals surface area contributed by atoms with Crippen LogP contribution in [0.4, 0.5) is 5.69 Å². The maximum absolute atomic E-state index is 12.8. The monoisotopic (exact) mass is 450 g/mol. The van der Waals surface area contributed by atoms with Gasteiger partial charge in [-0.1, -0.05) is 42.5 Å². The zero-order valence-electron chi connectivity index (χ0n) is 17.8. The van der Waals surface area contributed by atoms with Gasteiger partial charge in [-0.2, -0.15) is 10.2 Å². The molecule has 0 fully saturated rings. The summed E-state index contributed by atoms with van der Waals surface area (Å²) in [5.74, 6) is -1.03. The Morgan fingerprint density at radius 2 is 1.79 bits per heavy atom. The molecule has 34 heavy (non-hydrogen) atoms. The fraction of sp³-hybridized carbons (Fsp3) is 0. The number of fused-ring (bicyclic) bond motifs is 1. The number of carboxylic acids is 1. The molecule has 2 N–H and O–H groups in total. The van der Waals surface area contributed by atoms with Crippen LogP contribution < -0.4 is 11.1 Å². The van der Waals surface area contributed by atoms with Gasteiger partial charge in [-0.05, 0) is 42.5 Å². The number of anilines is 1. The number of hydrazone groups is 1. The van der Waals surface area contributed by atoms with Gasteiger partial charge in [0.05, 0.1) is 28.7 Å². The second kappa shape index (κ2) is 8.87. The van der Waals surface area contributed by atoms with Crippen LogP contribution >= 0.6 is 0 Å². The quantitative estimate of drug-likeness (QED) is 0.219. The molecule has 0 unspecified atom stereocenters. The lowest BCUT2D eigenvalue weighted by molar-refractivity contribution is 0.0697. The maximum atomic E-state index is 12.8. The molecule has 0 bridgehead atoms. The number of aromatic carboxylic acids is 1. The maximum Gasteiger partial charge on any atom is 0.345 e. The summed E-state index contributed by atoms with van der Waals surface area (Å²) in [5.41, 5.74) is 5.58. The van der Waals surface area contributed by atoms with E-state index in [1.807, 2.05) is 42.5 Å². The van der Waals surface area contributed by atoms with Crippen LogP contribution in [-0.4, -0.2) is 27.1 Å². The Bertz CT molecular complexity index is 1590. The minimum Gasteiger partial charge on any atom is -0.478 e. The van der Waals surface area contributed by atoms with Gasteiger partial charge in [-0.25, -0.2) is 14.3 Å². The van der Waals surface area contributed by atoms with Gasteiger partial charge in [0.25, 0.3) is 0 Å². The number of benzene rings is 3. The lowest BCUT2D eigenvalue weighted by atomic mass is 10.1. The van der Waals surface area contributed by atoms with Crippen molar-refractivity contribution in [2.45, 2.75) is 0 Å². The third-order valence-electron chi connectivity index (χ3n) is 5.17. The van der Waals surface area contributed by atoms with Crippen molar-refractivity contribution in [1.29, 1.82) is 0 Å². The average molecular weight is 450 g/mol. The molecule has 0 amide bonds. The van der Waals surface area contributed by atoms with E-state index in [0.717, 1.165) is 11.1 Å². The Labute approximate surface area is 193 Å². The molecular weight excluding hydrogens is 432 g/mol. The highest BCUT2D eigenvalue weighted by Gasteiger charge is 2.16. The molecule has 3 aromatic carbocycles. The van der Waals surface area contributed by atoms with Crippen LogP contribution in [0, 0.1) is 0 Å². The van der Waals surface area contributed by atoms with Gasteiger partial charge in [0.15, 0.2) is 0 Å². The van der Waals surface area contributed by atoms with Crippen molar-refractivity contribution >= 4 is 28.8 Å². The van der Waals surface area contributed by atoms with Crippen LogP contribution in [0.5, 0.6) is 0 Å². The van der Waals surface area contributed by atoms with E-state index in [1.165, 1.54) is 18.3 Å². The van der Waals surface area contributed by atoms with Gasteiger partial charge in [0.2, 0.25) is 0 Å². The van der Waals surface area contributed by atoms with Gasteiger partial charge in [0, 0.05) is 17.1 Å². The molecule has 8 heteroatoms. The SMILES string of the molecule is O=C(O)c1cccc(NN=Cc2cn(-c3ccccc3)nc2-c2cc3ccccc3oc2=O)c1. The Kier molecular flexibility index (Phi) is 5.45. The highest BCUT2D eigenvalue weighted by molar-refractivity contribution is 5.91. The number of rotatable bonds is 6. The summed E-state index contributed by atoms with van der Waals surface area (Å²) in [5, 5.41) is 18.8. The van der Waals surface area contributed by atoms with Crippen LogP contribution in [0.25, 0.3) is 27.9 Å². The predicted octanol–water partition coefficient (Wildman–Crippen LogP) is 4.79. The summed E-state index contributed by atoms with van der Waals surface area (Å²) in [7, 11) is 0. The van der Waals surface area contributed by atoms with E-state index in [4.69, 9.17) is 4.42 Å². The minimum absolute atomic E-state index is 0.145. The Morgan fingerprint density at radius 3 is 2.62 bits per heavy atom. The van der Waals surface area contributed by atoms with Crippen molar-refractivity contribution in [3.8, 4) is 16.9 Å². The van der Waals surface area contributed by atoms with Gasteiger partial charge < -0.3 is 9.52 Å². The van der Waals surface area contributed by atoms with Crippen molar-refractivity contribution in [3.63, 3.8) is 0 Å². The van der Waals surface area contributed by atoms with E-state index >= 15 is 0 Å². The smallest absolute Gasteiger partial charge is 0.345 e. The molecule has 2 aromatic heterocycles. The van der Waals surface area contributed by atoms with E-state index in [9.17, 15) is 14.7 Å². The first-order chi connectivity index (χ1) is 16.6. The summed E-state index contributed by atoms with van der Waals surface area (Å²) in [4.78, 5) is 24.0. The number of hydrogen-bond acceptors (Lipinski definition) is 6. The van der Waals surface area contributed by atoms with Crippen molar-refractivity contribution < 1.29 is 14.3 Å². The fourth-order valence-electron chi connectivity index (χ4n) is 3.53. The second-order valence-corrected chi connectivity index (χ2v) is 7.45. The molecule has 5 aromatic rings. The highest BCUT2D eigenvalue weighted by Crippen LogP contribution is 2.24. The molecule has 8 nitrogen and oxygen atoms in total. The van der Waals surface area contributed by atoms with Crippen molar-refractivity contribution in [2.24, 2.45) is 5.10 Å². The van der Waals surface area contributed by atoms with E-state index in [-0.39, 0.29) is 5.56 Å². The molecule has 0 aliphatic heterocycles. The second-order valence-electron chi connectivity index (χ2n) is 7.45. The standard InChI is InChI=1S/C26H18N4O4/c31-25(32)18-8-6-9-20(13-18)28-27-15-19-16-30(21-10-2-1-3-11-21)29-24(19)22-14-17-7-4-5-12-23(17)34-26(22)33/h1-16,28H,(H,31,32). The topological polar surface area (TPSA) is 110 Å². The number of hydrogen-bond donors (Lipinski definition) is 2. The van der Waals surface area contributed by atoms with E-state index in [0.29, 0.717) is 28.1 Å². The number of carboxylic acid groups (broad SMARTS) is 1. The van der Waals surface area contributed by atoms with Crippen LogP contribution in [0.15, 0.2) is 105 Å². The molecule has 0 saturated carbocycles. The van der Waals surface area contributed by atoms with Gasteiger partial charge in [-0.3, -0.25) is 5.43 Å². The van der Waals surface area contributed by atoms with Crippen LogP contribution in [-0.2, 0) is 0 Å². The number of aromatic nitrogens is 2. The van der Waals surface area contributed by atoms with E-state index in [1.54, 1.807) is 41.2 Å². The molecule has 0 aliphatic carbocycles. The van der Waals surface area contributed by atoms with Crippen LogP contribution in [0.2, 0.25) is 0 Å². The fourth-order valence-corrected chi connectivity index (χ4v) is 3.53. The Hall–Kier alpha value is -4.98. The summed E-state index contributed by atoms with van der Waals surface area (Å²) in [6.45, 7) is 0. The number of nitrogens with one attached hydrogen (secondary N) is 1. The van der Waals surface area contributed by atoms with Gasteiger partial charge >= 0.3 is 11.6 Å². The first-order valence-corrected chi connectivity index (χ1v) is 10.4. The predicted molar refractivity (Wildman–Crippen MR) is 130 cm³/mol. The average Bonchev–Trinajstić information content (AvgIpc) is 3.28. The summed E-state index contributed by atoms with van der Waals surface area (Å²) >= 11 is 0. The van der Waals surface area contributed by atoms with Crippen LogP contribution in [0.1, 0.15) is 15.9 Å². The summed E-state index contributed by atoms with van der Waals surface area (Å²) < 4.78 is 7.17. The minimum atomic E-state index is -1.03. The first-order valence-electron chi connectivity index (χ1n) is 10.4. The molecule has 166 valence electrons. The first kappa shape index (κ1) is 20.9. The third-order valence-corrected chi connectivity index (χ3v) is 5.17. The van der Waals surface area contributed by atoms with Crippen LogP contribution in [0.3, 0.4) is 0 Å². The third kappa shape index (κ3) is 4.20. The van der Waals surface area contributed by atoms with Gasteiger partial charge in [0.1, 0.15) is 11.3 Å². The largest absolute Gasteiger partial charge is 0.478 e. The van der Waals surface area contributed by atoms with E-state index < -0.39 is 11.6 Å². The van der Waals surface area contributed by atoms with Crippen molar-refractivity contribution in [1.82, 2.24) is 9.78 Å². The molecule has 5 rings (SSSR count). The number of para-hydroxylation sites is 2. The Balaban J connectivity index is 1.56. The van der Waals surface area contributed by atoms with Crippen molar-refractivity contribution in [2.75, 3.05) is 5.43 Å². The molecule has 0 aliphatic rings. The van der Waals surface area contributed by atoms with E-state index in [2.05, 4.69) is 15.6 Å². The summed E-state index contributed by atoms with van der Waals surface area (Å²) in [6.07, 6.45) is 3.29. The zero-order chi connectivity index (χ0) is 23.5. The van der Waals surface area contributed by atoms with Crippen molar-refractivity contribution in [3.05, 3.63) is 113 Å². The Morgan fingerprint density at radius 1 is 1.00 bits per heavy atom. The molecule has 0 radical (unpaired) electrons. The van der Waals surface area contributed by atoms with Gasteiger partial charge in [-0.15, -0.1) is 0 Å². The number of nitrogens with zero attached hydrogens (tertiary/aromatic N) is 3. The highest BCUT2D eigenvalue weighted by atomic mass is 16.4. The normalized spacial score (nSPS) is 11.2. The summed E-state index contributed by atoms with van der Waals surface area (Å²) in [6, 6.07) is 24.8. The lowest BCUT2D eigenvalue weighted by Gasteiger charge is -2.02. The molecule has 0 saturated heterocycles. The molecular formula is C26H18N4O4. The lowest BCUT2D eigenvalue weighted by Crippen LogP contribution is -2.05. The zero-order valence-corrected chi connectivity index (χ0v) is 17.8. The number of carbonyl (C=O) groups is 1. The molecule has 0 spiro atoms. The molecule has 2 heterocycles. The molecule has 0 atom stereocenters.